The van der Waals surface area contributed by atoms with Crippen molar-refractivity contribution in [2.75, 3.05) is 25.0 Å². The molecule has 0 saturated carbocycles. The SMILES string of the molecule is CCc1ccc(CN2CC(C(=O)Nc3cccc(CN4CCCC4)c3)CC2=O)cc1. The number of likely N-dealkylation sites (tertiary alicyclic amines) is 2. The third kappa shape index (κ3) is 5.08. The molecule has 2 fully saturated rings. The smallest absolute Gasteiger partial charge is 0.229 e. The fourth-order valence-electron chi connectivity index (χ4n) is 4.39. The normalized spacial score (nSPS) is 19.4. The van der Waals surface area contributed by atoms with Crippen molar-refractivity contribution >= 4 is 17.5 Å². The topological polar surface area (TPSA) is 52.7 Å². The van der Waals surface area contributed by atoms with Crippen LogP contribution in [0.5, 0.6) is 0 Å². The maximum Gasteiger partial charge on any atom is 0.229 e. The van der Waals surface area contributed by atoms with Crippen LogP contribution in [0, 0.1) is 5.92 Å². The van der Waals surface area contributed by atoms with Crippen LogP contribution in [0.15, 0.2) is 48.5 Å². The summed E-state index contributed by atoms with van der Waals surface area (Å²) in [5.41, 5.74) is 4.43. The van der Waals surface area contributed by atoms with Gasteiger partial charge < -0.3 is 10.2 Å². The van der Waals surface area contributed by atoms with Gasteiger partial charge in [0.25, 0.3) is 0 Å². The van der Waals surface area contributed by atoms with E-state index in [9.17, 15) is 9.59 Å². The molecule has 0 radical (unpaired) electrons. The third-order valence-electron chi connectivity index (χ3n) is 6.19. The first kappa shape index (κ1) is 20.6. The first-order valence-corrected chi connectivity index (χ1v) is 11.1. The molecule has 1 unspecified atom stereocenters. The molecule has 2 aromatic carbocycles. The van der Waals surface area contributed by atoms with Crippen LogP contribution < -0.4 is 5.32 Å². The maximum absolute atomic E-state index is 12.8. The Morgan fingerprint density at radius 3 is 2.47 bits per heavy atom. The Balaban J connectivity index is 1.33. The van der Waals surface area contributed by atoms with Crippen molar-refractivity contribution in [1.82, 2.24) is 9.80 Å². The van der Waals surface area contributed by atoms with Crippen LogP contribution in [-0.4, -0.2) is 41.2 Å². The number of carbonyl (C=O) groups is 2. The average Bonchev–Trinajstić information content (AvgIpc) is 3.39. The van der Waals surface area contributed by atoms with Crippen molar-refractivity contribution in [1.29, 1.82) is 0 Å². The van der Waals surface area contributed by atoms with Gasteiger partial charge in [-0.2, -0.15) is 0 Å². The van der Waals surface area contributed by atoms with E-state index in [1.807, 2.05) is 12.1 Å². The summed E-state index contributed by atoms with van der Waals surface area (Å²) in [6.45, 7) is 6.40. The fraction of sp³-hybridized carbons (Fsp3) is 0.440. The lowest BCUT2D eigenvalue weighted by molar-refractivity contribution is -0.128. The zero-order chi connectivity index (χ0) is 20.9. The van der Waals surface area contributed by atoms with Crippen LogP contribution in [0.25, 0.3) is 0 Å². The molecule has 2 aliphatic heterocycles. The van der Waals surface area contributed by atoms with Gasteiger partial charge in [-0.15, -0.1) is 0 Å². The Bertz CT molecular complexity index is 888. The lowest BCUT2D eigenvalue weighted by Crippen LogP contribution is -2.28. The zero-order valence-electron chi connectivity index (χ0n) is 17.8. The molecule has 2 heterocycles. The number of nitrogens with zero attached hydrogens (tertiary/aromatic N) is 2. The number of carbonyl (C=O) groups excluding carboxylic acids is 2. The van der Waals surface area contributed by atoms with E-state index in [0.717, 1.165) is 37.3 Å². The molecule has 5 heteroatoms. The van der Waals surface area contributed by atoms with E-state index in [-0.39, 0.29) is 24.2 Å². The molecule has 2 aliphatic rings. The number of benzene rings is 2. The van der Waals surface area contributed by atoms with Crippen molar-refractivity contribution in [2.24, 2.45) is 5.92 Å². The largest absolute Gasteiger partial charge is 0.338 e. The highest BCUT2D eigenvalue weighted by molar-refractivity contribution is 5.97. The second-order valence-corrected chi connectivity index (χ2v) is 8.52. The van der Waals surface area contributed by atoms with E-state index in [0.29, 0.717) is 13.1 Å². The van der Waals surface area contributed by atoms with E-state index < -0.39 is 0 Å². The number of hydrogen-bond donors (Lipinski definition) is 1. The number of amides is 2. The van der Waals surface area contributed by atoms with Gasteiger partial charge in [0, 0.05) is 31.7 Å². The summed E-state index contributed by atoms with van der Waals surface area (Å²) in [7, 11) is 0. The van der Waals surface area contributed by atoms with Gasteiger partial charge in [-0.25, -0.2) is 0 Å². The van der Waals surface area contributed by atoms with Gasteiger partial charge in [0.15, 0.2) is 0 Å². The molecule has 0 aliphatic carbocycles. The minimum atomic E-state index is -0.297. The quantitative estimate of drug-likeness (QED) is 0.762. The molecule has 158 valence electrons. The van der Waals surface area contributed by atoms with Crippen molar-refractivity contribution in [3.05, 3.63) is 65.2 Å². The van der Waals surface area contributed by atoms with Gasteiger partial charge in [-0.3, -0.25) is 14.5 Å². The molecular formula is C25H31N3O2. The van der Waals surface area contributed by atoms with Crippen molar-refractivity contribution in [2.45, 2.75) is 45.7 Å². The van der Waals surface area contributed by atoms with Crippen molar-refractivity contribution in [3.63, 3.8) is 0 Å². The van der Waals surface area contributed by atoms with E-state index in [1.165, 1.54) is 24.0 Å². The third-order valence-corrected chi connectivity index (χ3v) is 6.19. The monoisotopic (exact) mass is 405 g/mol. The van der Waals surface area contributed by atoms with E-state index in [2.05, 4.69) is 53.5 Å². The van der Waals surface area contributed by atoms with Gasteiger partial charge in [-0.05, 0) is 61.2 Å². The van der Waals surface area contributed by atoms with Crippen LogP contribution in [0.1, 0.15) is 42.9 Å². The highest BCUT2D eigenvalue weighted by Gasteiger charge is 2.34. The van der Waals surface area contributed by atoms with Crippen molar-refractivity contribution in [3.8, 4) is 0 Å². The summed E-state index contributed by atoms with van der Waals surface area (Å²) < 4.78 is 0. The Morgan fingerprint density at radius 2 is 1.73 bits per heavy atom. The van der Waals surface area contributed by atoms with Gasteiger partial charge in [-0.1, -0.05) is 43.3 Å². The van der Waals surface area contributed by atoms with Crippen LogP contribution in [-0.2, 0) is 29.1 Å². The van der Waals surface area contributed by atoms with Gasteiger partial charge >= 0.3 is 0 Å². The highest BCUT2D eigenvalue weighted by atomic mass is 16.2. The molecule has 5 nitrogen and oxygen atoms in total. The summed E-state index contributed by atoms with van der Waals surface area (Å²) in [6, 6.07) is 16.4. The lowest BCUT2D eigenvalue weighted by atomic mass is 10.1. The first-order chi connectivity index (χ1) is 14.6. The fourth-order valence-corrected chi connectivity index (χ4v) is 4.39. The van der Waals surface area contributed by atoms with Crippen LogP contribution in [0.3, 0.4) is 0 Å². The standard InChI is InChI=1S/C25H31N3O2/c1-2-19-8-10-20(11-9-19)17-28-18-22(15-24(28)29)25(30)26-23-7-5-6-21(14-23)16-27-12-3-4-13-27/h5-11,14,22H,2-4,12-13,15-18H2,1H3,(H,26,30). The molecule has 0 aromatic heterocycles. The van der Waals surface area contributed by atoms with Crippen molar-refractivity contribution < 1.29 is 9.59 Å². The molecule has 4 rings (SSSR count). The summed E-state index contributed by atoms with van der Waals surface area (Å²) >= 11 is 0. The molecule has 2 saturated heterocycles. The molecule has 30 heavy (non-hydrogen) atoms. The summed E-state index contributed by atoms with van der Waals surface area (Å²) in [5, 5.41) is 3.03. The Hall–Kier alpha value is -2.66. The van der Waals surface area contributed by atoms with E-state index in [4.69, 9.17) is 0 Å². The Morgan fingerprint density at radius 1 is 1.00 bits per heavy atom. The number of anilines is 1. The lowest BCUT2D eigenvalue weighted by Gasteiger charge is -2.17. The summed E-state index contributed by atoms with van der Waals surface area (Å²) in [4.78, 5) is 29.5. The number of hydrogen-bond acceptors (Lipinski definition) is 3. The minimum absolute atomic E-state index is 0.0532. The van der Waals surface area contributed by atoms with Gasteiger partial charge in [0.1, 0.15) is 0 Å². The molecule has 0 spiro atoms. The minimum Gasteiger partial charge on any atom is -0.338 e. The predicted molar refractivity (Wildman–Crippen MR) is 119 cm³/mol. The summed E-state index contributed by atoms with van der Waals surface area (Å²) in [5.74, 6) is -0.308. The maximum atomic E-state index is 12.8. The molecule has 1 atom stereocenters. The molecule has 2 aromatic rings. The van der Waals surface area contributed by atoms with E-state index >= 15 is 0 Å². The van der Waals surface area contributed by atoms with Crippen LogP contribution in [0.4, 0.5) is 5.69 Å². The summed E-state index contributed by atoms with van der Waals surface area (Å²) in [6.07, 6.45) is 3.83. The van der Waals surface area contributed by atoms with Gasteiger partial charge in [0.2, 0.25) is 11.8 Å². The number of aryl methyl sites for hydroxylation is 1. The predicted octanol–water partition coefficient (Wildman–Crippen LogP) is 3.83. The van der Waals surface area contributed by atoms with Crippen LogP contribution in [0.2, 0.25) is 0 Å². The molecule has 0 bridgehead atoms. The Kier molecular flexibility index (Phi) is 6.48. The average molecular weight is 406 g/mol. The highest BCUT2D eigenvalue weighted by Crippen LogP contribution is 2.23. The molecule has 2 amide bonds. The Labute approximate surface area is 179 Å². The number of nitrogens with one attached hydrogen (secondary N) is 1. The first-order valence-electron chi connectivity index (χ1n) is 11.1. The van der Waals surface area contributed by atoms with E-state index in [1.54, 1.807) is 4.90 Å². The molecule has 1 N–H and O–H groups in total. The molecular weight excluding hydrogens is 374 g/mol. The van der Waals surface area contributed by atoms with Crippen LogP contribution >= 0.6 is 0 Å². The van der Waals surface area contributed by atoms with Gasteiger partial charge in [0.05, 0.1) is 5.92 Å². The number of rotatable bonds is 7. The zero-order valence-corrected chi connectivity index (χ0v) is 17.8. The second kappa shape index (κ2) is 9.43. The second-order valence-electron chi connectivity index (χ2n) is 8.52.